The van der Waals surface area contributed by atoms with Crippen LogP contribution in [0.3, 0.4) is 0 Å². The van der Waals surface area contributed by atoms with Crippen LogP contribution in [0.15, 0.2) is 23.7 Å². The van der Waals surface area contributed by atoms with E-state index in [1.807, 2.05) is 0 Å². The van der Waals surface area contributed by atoms with Crippen LogP contribution in [-0.4, -0.2) is 14.0 Å². The Morgan fingerprint density at radius 1 is 1.45 bits per heavy atom. The number of hydrogen-bond donors (Lipinski definition) is 0. The van der Waals surface area contributed by atoms with Gasteiger partial charge >= 0.3 is 6.18 Å². The van der Waals surface area contributed by atoms with Crippen molar-refractivity contribution < 1.29 is 13.2 Å². The van der Waals surface area contributed by atoms with Gasteiger partial charge < -0.3 is 0 Å². The summed E-state index contributed by atoms with van der Waals surface area (Å²) in [7, 11) is 5.25. The average molecular weight is 158 g/mol. The summed E-state index contributed by atoms with van der Waals surface area (Å²) in [5, 5.41) is 0. The topological polar surface area (TPSA) is 0 Å². The molecule has 1 aliphatic rings. The summed E-state index contributed by atoms with van der Waals surface area (Å²) < 4.78 is 35.8. The molecule has 0 bridgehead atoms. The fraction of sp³-hybridized carbons (Fsp3) is 0.429. The Hall–Kier alpha value is -0.665. The summed E-state index contributed by atoms with van der Waals surface area (Å²) >= 11 is 0. The molecule has 0 saturated heterocycles. The quantitative estimate of drug-likeness (QED) is 0.474. The van der Waals surface area contributed by atoms with E-state index in [4.69, 9.17) is 7.85 Å². The molecule has 0 aromatic carbocycles. The van der Waals surface area contributed by atoms with E-state index in [0.29, 0.717) is 5.47 Å². The smallest absolute Gasteiger partial charge is 0.170 e. The molecule has 1 atom stereocenters. The number of allylic oxidation sites excluding steroid dienone is 4. The standard InChI is InChI=1S/C7H6BF3/c8-6-3-1-5(2-4-6)7(9,10)11/h1,3-5H,2H2. The summed E-state index contributed by atoms with van der Waals surface area (Å²) in [6, 6.07) is 0. The highest BCUT2D eigenvalue weighted by molar-refractivity contribution is 6.23. The average Bonchev–Trinajstić information content (AvgIpc) is 1.86. The fourth-order valence-corrected chi connectivity index (χ4v) is 0.880. The molecule has 0 aliphatic heterocycles. The van der Waals surface area contributed by atoms with Gasteiger partial charge in [0, 0.05) is 0 Å². The van der Waals surface area contributed by atoms with Gasteiger partial charge in [0.15, 0.2) is 0 Å². The molecule has 0 spiro atoms. The molecule has 0 aromatic heterocycles. The predicted octanol–water partition coefficient (Wildman–Crippen LogP) is 2.18. The number of rotatable bonds is 0. The minimum atomic E-state index is -4.13. The summed E-state index contributed by atoms with van der Waals surface area (Å²) in [5.41, 5.74) is 0.408. The van der Waals surface area contributed by atoms with Gasteiger partial charge in [0.1, 0.15) is 7.85 Å². The summed E-state index contributed by atoms with van der Waals surface area (Å²) in [6.07, 6.45) is -0.394. The van der Waals surface area contributed by atoms with E-state index < -0.39 is 12.1 Å². The van der Waals surface area contributed by atoms with Crippen LogP contribution in [0.5, 0.6) is 0 Å². The predicted molar refractivity (Wildman–Crippen MR) is 37.1 cm³/mol. The van der Waals surface area contributed by atoms with Crippen LogP contribution in [0, 0.1) is 5.92 Å². The molecule has 2 radical (unpaired) electrons. The second-order valence-corrected chi connectivity index (χ2v) is 2.45. The fourth-order valence-electron chi connectivity index (χ4n) is 0.880. The van der Waals surface area contributed by atoms with Crippen LogP contribution in [0.25, 0.3) is 0 Å². The van der Waals surface area contributed by atoms with E-state index in [0.717, 1.165) is 6.08 Å². The first-order chi connectivity index (χ1) is 5.00. The van der Waals surface area contributed by atoms with Gasteiger partial charge in [-0.3, -0.25) is 0 Å². The van der Waals surface area contributed by atoms with Gasteiger partial charge in [-0.25, -0.2) is 0 Å². The van der Waals surface area contributed by atoms with Crippen molar-refractivity contribution in [2.75, 3.05) is 0 Å². The zero-order chi connectivity index (χ0) is 8.48. The molecule has 0 heterocycles. The van der Waals surface area contributed by atoms with Gasteiger partial charge in [-0.15, -0.1) is 5.47 Å². The molecule has 0 fully saturated rings. The third-order valence-electron chi connectivity index (χ3n) is 1.55. The third kappa shape index (κ3) is 2.14. The maximum Gasteiger partial charge on any atom is 0.395 e. The van der Waals surface area contributed by atoms with Crippen molar-refractivity contribution >= 4 is 7.85 Å². The first kappa shape index (κ1) is 8.43. The minimum Gasteiger partial charge on any atom is -0.170 e. The highest BCUT2D eigenvalue weighted by Gasteiger charge is 2.37. The maximum atomic E-state index is 11.9. The van der Waals surface area contributed by atoms with Crippen molar-refractivity contribution in [2.45, 2.75) is 12.6 Å². The van der Waals surface area contributed by atoms with E-state index in [-0.39, 0.29) is 6.42 Å². The Bertz CT molecular complexity index is 202. The maximum absolute atomic E-state index is 11.9. The Morgan fingerprint density at radius 2 is 2.09 bits per heavy atom. The van der Waals surface area contributed by atoms with Crippen molar-refractivity contribution in [3.05, 3.63) is 23.7 Å². The first-order valence-corrected chi connectivity index (χ1v) is 3.20. The molecular formula is C7H6BF3. The largest absolute Gasteiger partial charge is 0.395 e. The van der Waals surface area contributed by atoms with Gasteiger partial charge in [-0.2, -0.15) is 13.2 Å². The lowest BCUT2D eigenvalue weighted by Crippen LogP contribution is -2.21. The lowest BCUT2D eigenvalue weighted by atomic mass is 9.86. The SMILES string of the molecule is [B]C1=CCC(C(F)(F)F)C=C1. The van der Waals surface area contributed by atoms with Crippen molar-refractivity contribution in [3.8, 4) is 0 Å². The molecule has 1 rings (SSSR count). The molecule has 11 heavy (non-hydrogen) atoms. The van der Waals surface area contributed by atoms with Crippen LogP contribution >= 0.6 is 0 Å². The summed E-state index contributed by atoms with van der Waals surface area (Å²) in [6.45, 7) is 0. The zero-order valence-electron chi connectivity index (χ0n) is 5.73. The Balaban J connectivity index is 2.63. The van der Waals surface area contributed by atoms with Crippen LogP contribution < -0.4 is 0 Å². The monoisotopic (exact) mass is 158 g/mol. The molecule has 0 aromatic rings. The van der Waals surface area contributed by atoms with Crippen LogP contribution in [0.2, 0.25) is 0 Å². The van der Waals surface area contributed by atoms with Crippen LogP contribution in [0.1, 0.15) is 6.42 Å². The second-order valence-electron chi connectivity index (χ2n) is 2.45. The van der Waals surface area contributed by atoms with Gasteiger partial charge in [0.25, 0.3) is 0 Å². The molecule has 0 amide bonds. The van der Waals surface area contributed by atoms with Crippen LogP contribution in [-0.2, 0) is 0 Å². The molecule has 58 valence electrons. The van der Waals surface area contributed by atoms with E-state index in [1.165, 1.54) is 12.2 Å². The van der Waals surface area contributed by atoms with E-state index in [2.05, 4.69) is 0 Å². The molecule has 1 aliphatic carbocycles. The minimum absolute atomic E-state index is 0.0359. The highest BCUT2D eigenvalue weighted by Crippen LogP contribution is 2.32. The molecule has 0 saturated carbocycles. The third-order valence-corrected chi connectivity index (χ3v) is 1.55. The number of hydrogen-bond acceptors (Lipinski definition) is 0. The van der Waals surface area contributed by atoms with Crippen molar-refractivity contribution in [3.63, 3.8) is 0 Å². The molecular weight excluding hydrogens is 152 g/mol. The number of halogens is 3. The lowest BCUT2D eigenvalue weighted by Gasteiger charge is -2.17. The van der Waals surface area contributed by atoms with E-state index >= 15 is 0 Å². The van der Waals surface area contributed by atoms with Crippen molar-refractivity contribution in [1.82, 2.24) is 0 Å². The summed E-state index contributed by atoms with van der Waals surface area (Å²) in [4.78, 5) is 0. The second kappa shape index (κ2) is 2.76. The first-order valence-electron chi connectivity index (χ1n) is 3.20. The molecule has 0 nitrogen and oxygen atoms in total. The molecule has 4 heteroatoms. The van der Waals surface area contributed by atoms with Gasteiger partial charge in [0.05, 0.1) is 5.92 Å². The van der Waals surface area contributed by atoms with Gasteiger partial charge in [-0.1, -0.05) is 18.2 Å². The normalized spacial score (nSPS) is 25.0. The van der Waals surface area contributed by atoms with Crippen molar-refractivity contribution in [2.24, 2.45) is 5.92 Å². The van der Waals surface area contributed by atoms with E-state index in [1.54, 1.807) is 0 Å². The van der Waals surface area contributed by atoms with Gasteiger partial charge in [-0.05, 0) is 6.42 Å². The Kier molecular flexibility index (Phi) is 2.11. The molecule has 1 unspecified atom stereocenters. The number of alkyl halides is 3. The van der Waals surface area contributed by atoms with Crippen molar-refractivity contribution in [1.29, 1.82) is 0 Å². The van der Waals surface area contributed by atoms with E-state index in [9.17, 15) is 13.2 Å². The Morgan fingerprint density at radius 3 is 2.45 bits per heavy atom. The molecule has 0 N–H and O–H groups in total. The highest BCUT2D eigenvalue weighted by atomic mass is 19.4. The summed E-state index contributed by atoms with van der Waals surface area (Å²) in [5.74, 6) is -1.35. The lowest BCUT2D eigenvalue weighted by molar-refractivity contribution is -0.160. The Labute approximate surface area is 64.2 Å². The van der Waals surface area contributed by atoms with Gasteiger partial charge in [0.2, 0.25) is 0 Å². The zero-order valence-corrected chi connectivity index (χ0v) is 5.73. The van der Waals surface area contributed by atoms with Crippen LogP contribution in [0.4, 0.5) is 13.2 Å².